The lowest BCUT2D eigenvalue weighted by molar-refractivity contribution is 0.0962. The summed E-state index contributed by atoms with van der Waals surface area (Å²) in [5.41, 5.74) is 9.64. The van der Waals surface area contributed by atoms with Crippen LogP contribution in [-0.4, -0.2) is 38.8 Å². The Kier molecular flexibility index (Phi) is 9.87. The van der Waals surface area contributed by atoms with E-state index in [-0.39, 0.29) is 18.0 Å². The van der Waals surface area contributed by atoms with Crippen molar-refractivity contribution in [3.8, 4) is 0 Å². The SMILES string of the molecule is CCCC(c1ccc(Cl)c(Cl)c1)c1cc(N2CCCCC2NCCCN)ccc1C(=O)NC. The molecule has 0 spiro atoms. The van der Waals surface area contributed by atoms with Gasteiger partial charge in [0.2, 0.25) is 0 Å². The van der Waals surface area contributed by atoms with E-state index < -0.39 is 0 Å². The molecule has 180 valence electrons. The van der Waals surface area contributed by atoms with Gasteiger partial charge in [0.25, 0.3) is 5.91 Å². The summed E-state index contributed by atoms with van der Waals surface area (Å²) in [7, 11) is 1.68. The number of piperidine rings is 1. The zero-order valence-electron chi connectivity index (χ0n) is 19.7. The Balaban J connectivity index is 2.04. The lowest BCUT2D eigenvalue weighted by Crippen LogP contribution is -2.49. The Labute approximate surface area is 208 Å². The summed E-state index contributed by atoms with van der Waals surface area (Å²) in [5, 5.41) is 7.56. The van der Waals surface area contributed by atoms with Gasteiger partial charge in [0, 0.05) is 30.8 Å². The topological polar surface area (TPSA) is 70.4 Å². The van der Waals surface area contributed by atoms with Gasteiger partial charge in [-0.15, -0.1) is 0 Å². The monoisotopic (exact) mass is 490 g/mol. The second-order valence-corrected chi connectivity index (χ2v) is 9.48. The molecule has 2 aromatic rings. The smallest absolute Gasteiger partial charge is 0.251 e. The molecule has 5 nitrogen and oxygen atoms in total. The molecule has 1 amide bonds. The van der Waals surface area contributed by atoms with E-state index in [1.165, 1.54) is 6.42 Å². The minimum atomic E-state index is -0.0750. The van der Waals surface area contributed by atoms with Crippen molar-refractivity contribution in [1.29, 1.82) is 0 Å². The number of hydrogen-bond donors (Lipinski definition) is 3. The summed E-state index contributed by atoms with van der Waals surface area (Å²) >= 11 is 12.6. The van der Waals surface area contributed by atoms with Gasteiger partial charge < -0.3 is 16.0 Å². The third-order valence-corrected chi connectivity index (χ3v) is 7.14. The van der Waals surface area contributed by atoms with E-state index in [0.717, 1.165) is 62.0 Å². The third kappa shape index (κ3) is 6.42. The maximum absolute atomic E-state index is 12.8. The van der Waals surface area contributed by atoms with Crippen LogP contribution in [0, 0.1) is 0 Å². The van der Waals surface area contributed by atoms with Gasteiger partial charge in [-0.3, -0.25) is 10.1 Å². The maximum Gasteiger partial charge on any atom is 0.251 e. The van der Waals surface area contributed by atoms with Crippen molar-refractivity contribution in [3.05, 3.63) is 63.1 Å². The van der Waals surface area contributed by atoms with E-state index >= 15 is 0 Å². The predicted octanol–water partition coefficient (Wildman–Crippen LogP) is 5.54. The summed E-state index contributed by atoms with van der Waals surface area (Å²) in [5.74, 6) is -0.0283. The number of carbonyl (C=O) groups is 1. The Morgan fingerprint density at radius 1 is 1.18 bits per heavy atom. The highest BCUT2D eigenvalue weighted by atomic mass is 35.5. The average molecular weight is 492 g/mol. The van der Waals surface area contributed by atoms with Crippen LogP contribution >= 0.6 is 23.2 Å². The molecule has 4 N–H and O–H groups in total. The zero-order chi connectivity index (χ0) is 23.8. The molecule has 0 saturated carbocycles. The molecule has 0 aromatic heterocycles. The summed E-state index contributed by atoms with van der Waals surface area (Å²) in [6.07, 6.45) is 6.59. The second-order valence-electron chi connectivity index (χ2n) is 8.67. The number of amides is 1. The molecule has 2 aromatic carbocycles. The number of anilines is 1. The minimum absolute atomic E-state index is 0.0467. The Morgan fingerprint density at radius 3 is 2.70 bits per heavy atom. The number of hydrogen-bond acceptors (Lipinski definition) is 4. The predicted molar refractivity (Wildman–Crippen MR) is 140 cm³/mol. The Hall–Kier alpha value is -1.79. The number of nitrogens with two attached hydrogens (primary N) is 1. The molecule has 1 aliphatic heterocycles. The largest absolute Gasteiger partial charge is 0.356 e. The van der Waals surface area contributed by atoms with Crippen LogP contribution in [0.4, 0.5) is 5.69 Å². The van der Waals surface area contributed by atoms with E-state index in [1.807, 2.05) is 24.3 Å². The molecule has 33 heavy (non-hydrogen) atoms. The number of nitrogens with zero attached hydrogens (tertiary/aromatic N) is 1. The zero-order valence-corrected chi connectivity index (χ0v) is 21.2. The Bertz CT molecular complexity index is 937. The van der Waals surface area contributed by atoms with Crippen LogP contribution in [0.5, 0.6) is 0 Å². The van der Waals surface area contributed by atoms with Gasteiger partial charge >= 0.3 is 0 Å². The summed E-state index contributed by atoms with van der Waals surface area (Å²) in [6, 6.07) is 12.0. The maximum atomic E-state index is 12.8. The van der Waals surface area contributed by atoms with Crippen molar-refractivity contribution in [2.75, 3.05) is 31.6 Å². The van der Waals surface area contributed by atoms with Crippen molar-refractivity contribution < 1.29 is 4.79 Å². The number of benzene rings is 2. The quantitative estimate of drug-likeness (QED) is 0.382. The standard InChI is InChI=1S/C26H36Cl2N4O/c1-3-7-20(18-9-12-23(27)24(28)16-18)22-17-19(10-11-21(22)26(33)30-2)32-15-5-4-8-25(32)31-14-6-13-29/h9-12,16-17,20,25,31H,3-8,13-15,29H2,1-2H3,(H,30,33). The highest BCUT2D eigenvalue weighted by Gasteiger charge is 2.26. The van der Waals surface area contributed by atoms with Crippen LogP contribution in [0.1, 0.15) is 72.9 Å². The first-order valence-corrected chi connectivity index (χ1v) is 12.8. The first-order valence-electron chi connectivity index (χ1n) is 12.0. The van der Waals surface area contributed by atoms with E-state index in [9.17, 15) is 4.79 Å². The number of rotatable bonds is 10. The fourth-order valence-electron chi connectivity index (χ4n) is 4.70. The number of nitrogens with one attached hydrogen (secondary N) is 2. The number of carbonyl (C=O) groups excluding carboxylic acids is 1. The van der Waals surface area contributed by atoms with Gasteiger partial charge in [-0.2, -0.15) is 0 Å². The van der Waals surface area contributed by atoms with Gasteiger partial charge in [-0.05, 0) is 86.7 Å². The van der Waals surface area contributed by atoms with Crippen molar-refractivity contribution in [3.63, 3.8) is 0 Å². The molecule has 2 atom stereocenters. The normalized spacial score (nSPS) is 17.1. The Morgan fingerprint density at radius 2 is 2.00 bits per heavy atom. The fourth-order valence-corrected chi connectivity index (χ4v) is 5.01. The lowest BCUT2D eigenvalue weighted by Gasteiger charge is -2.39. The summed E-state index contributed by atoms with van der Waals surface area (Å²) in [4.78, 5) is 15.3. The molecule has 2 unspecified atom stereocenters. The highest BCUT2D eigenvalue weighted by molar-refractivity contribution is 6.42. The van der Waals surface area contributed by atoms with Crippen LogP contribution in [-0.2, 0) is 0 Å². The van der Waals surface area contributed by atoms with Crippen LogP contribution in [0.25, 0.3) is 0 Å². The third-order valence-electron chi connectivity index (χ3n) is 6.40. The van der Waals surface area contributed by atoms with Crippen LogP contribution in [0.3, 0.4) is 0 Å². The highest BCUT2D eigenvalue weighted by Crippen LogP contribution is 2.37. The molecular weight excluding hydrogens is 455 g/mol. The van der Waals surface area contributed by atoms with E-state index in [4.69, 9.17) is 28.9 Å². The molecule has 0 aliphatic carbocycles. The van der Waals surface area contributed by atoms with Crippen molar-refractivity contribution in [2.45, 2.75) is 57.5 Å². The molecule has 3 rings (SSSR count). The van der Waals surface area contributed by atoms with E-state index in [2.05, 4.69) is 34.6 Å². The molecule has 0 radical (unpaired) electrons. The molecule has 1 fully saturated rings. The molecule has 1 aliphatic rings. The van der Waals surface area contributed by atoms with Crippen LogP contribution < -0.4 is 21.3 Å². The van der Waals surface area contributed by atoms with Crippen molar-refractivity contribution >= 4 is 34.8 Å². The van der Waals surface area contributed by atoms with Crippen molar-refractivity contribution in [1.82, 2.24) is 10.6 Å². The van der Waals surface area contributed by atoms with Gasteiger partial charge in [-0.1, -0.05) is 42.6 Å². The lowest BCUT2D eigenvalue weighted by atomic mass is 9.84. The van der Waals surface area contributed by atoms with Gasteiger partial charge in [0.1, 0.15) is 0 Å². The van der Waals surface area contributed by atoms with Crippen LogP contribution in [0.15, 0.2) is 36.4 Å². The molecule has 0 bridgehead atoms. The van der Waals surface area contributed by atoms with Crippen molar-refractivity contribution in [2.24, 2.45) is 5.73 Å². The van der Waals surface area contributed by atoms with Gasteiger partial charge in [-0.25, -0.2) is 0 Å². The second kappa shape index (κ2) is 12.6. The first-order chi connectivity index (χ1) is 16.0. The molecule has 1 heterocycles. The van der Waals surface area contributed by atoms with Gasteiger partial charge in [0.05, 0.1) is 16.2 Å². The summed E-state index contributed by atoms with van der Waals surface area (Å²) < 4.78 is 0. The van der Waals surface area contributed by atoms with Gasteiger partial charge in [0.15, 0.2) is 0 Å². The first kappa shape index (κ1) is 25.8. The average Bonchev–Trinajstić information content (AvgIpc) is 2.84. The minimum Gasteiger partial charge on any atom is -0.356 e. The summed E-state index contributed by atoms with van der Waals surface area (Å²) in [6.45, 7) is 4.75. The molecule has 1 saturated heterocycles. The van der Waals surface area contributed by atoms with E-state index in [1.54, 1.807) is 7.05 Å². The number of halogens is 2. The molecular formula is C26H36Cl2N4O. The van der Waals surface area contributed by atoms with E-state index in [0.29, 0.717) is 22.2 Å². The van der Waals surface area contributed by atoms with Crippen LogP contribution in [0.2, 0.25) is 10.0 Å². The fraction of sp³-hybridized carbons (Fsp3) is 0.500. The molecule has 7 heteroatoms.